The fraction of sp³-hybridized carbons (Fsp3) is 0.294. The van der Waals surface area contributed by atoms with Gasteiger partial charge in [0.25, 0.3) is 0 Å². The second-order valence-electron chi connectivity index (χ2n) is 4.85. The molecule has 0 heterocycles. The van der Waals surface area contributed by atoms with Crippen LogP contribution in [-0.2, 0) is 0 Å². The van der Waals surface area contributed by atoms with Crippen molar-refractivity contribution in [2.24, 2.45) is 0 Å². The van der Waals surface area contributed by atoms with Crippen molar-refractivity contribution in [1.82, 2.24) is 4.90 Å². The van der Waals surface area contributed by atoms with Gasteiger partial charge in [-0.2, -0.15) is 0 Å². The van der Waals surface area contributed by atoms with Gasteiger partial charge in [0.1, 0.15) is 6.61 Å². The highest BCUT2D eigenvalue weighted by molar-refractivity contribution is 5.39. The van der Waals surface area contributed by atoms with Crippen LogP contribution in [0, 0.1) is 0 Å². The van der Waals surface area contributed by atoms with Crippen molar-refractivity contribution in [3.63, 3.8) is 0 Å². The van der Waals surface area contributed by atoms with E-state index in [2.05, 4.69) is 43.3 Å². The fourth-order valence-electron chi connectivity index (χ4n) is 2.13. The number of likely N-dealkylation sites (N-methyl/N-ethyl adjacent to an activating group) is 1. The number of rotatable bonds is 6. The predicted molar refractivity (Wildman–Crippen MR) is 81.4 cm³/mol. The number of para-hydroxylation sites is 2. The van der Waals surface area contributed by atoms with Gasteiger partial charge in [-0.15, -0.1) is 0 Å². The van der Waals surface area contributed by atoms with Crippen molar-refractivity contribution in [2.75, 3.05) is 27.8 Å². The van der Waals surface area contributed by atoms with E-state index in [1.165, 1.54) is 5.56 Å². The lowest BCUT2D eigenvalue weighted by atomic mass is 10.1. The Morgan fingerprint density at radius 1 is 0.900 bits per heavy atom. The Balaban J connectivity index is 2.10. The Morgan fingerprint density at radius 3 is 2.10 bits per heavy atom. The van der Waals surface area contributed by atoms with Crippen molar-refractivity contribution in [2.45, 2.75) is 6.04 Å². The monoisotopic (exact) mass is 271 g/mol. The van der Waals surface area contributed by atoms with Gasteiger partial charge in [-0.25, -0.2) is 0 Å². The third kappa shape index (κ3) is 3.52. The van der Waals surface area contributed by atoms with Crippen LogP contribution in [0.15, 0.2) is 54.6 Å². The minimum Gasteiger partial charge on any atom is -0.493 e. The van der Waals surface area contributed by atoms with E-state index in [0.717, 1.165) is 11.5 Å². The van der Waals surface area contributed by atoms with Crippen LogP contribution in [0.2, 0.25) is 0 Å². The maximum atomic E-state index is 5.94. The second kappa shape index (κ2) is 6.96. The lowest BCUT2D eigenvalue weighted by molar-refractivity contribution is 0.182. The highest BCUT2D eigenvalue weighted by Gasteiger charge is 2.15. The van der Waals surface area contributed by atoms with E-state index in [9.17, 15) is 0 Å². The fourth-order valence-corrected chi connectivity index (χ4v) is 2.13. The molecule has 0 amide bonds. The number of hydrogen-bond acceptors (Lipinski definition) is 3. The summed E-state index contributed by atoms with van der Waals surface area (Å²) in [5.74, 6) is 1.54. The Morgan fingerprint density at radius 2 is 1.50 bits per heavy atom. The van der Waals surface area contributed by atoms with Gasteiger partial charge in [-0.3, -0.25) is 4.90 Å². The quantitative estimate of drug-likeness (QED) is 0.804. The largest absolute Gasteiger partial charge is 0.493 e. The molecular weight excluding hydrogens is 250 g/mol. The SMILES string of the molecule is COc1ccccc1OC[C@@H](c1ccccc1)N(C)C. The molecular formula is C17H21NO2. The molecule has 20 heavy (non-hydrogen) atoms. The van der Waals surface area contributed by atoms with E-state index < -0.39 is 0 Å². The highest BCUT2D eigenvalue weighted by atomic mass is 16.5. The molecule has 0 N–H and O–H groups in total. The van der Waals surface area contributed by atoms with Gasteiger partial charge < -0.3 is 9.47 Å². The summed E-state index contributed by atoms with van der Waals surface area (Å²) in [6, 6.07) is 18.3. The number of nitrogens with zero attached hydrogens (tertiary/aromatic N) is 1. The van der Waals surface area contributed by atoms with Crippen molar-refractivity contribution in [3.8, 4) is 11.5 Å². The standard InChI is InChI=1S/C17H21NO2/c1-18(2)15(14-9-5-4-6-10-14)13-20-17-12-8-7-11-16(17)19-3/h4-12,15H,13H2,1-3H3/t15-/m0/s1. The van der Waals surface area contributed by atoms with E-state index >= 15 is 0 Å². The Bertz CT molecular complexity index is 526. The molecule has 3 heteroatoms. The molecule has 106 valence electrons. The van der Waals surface area contributed by atoms with Crippen molar-refractivity contribution >= 4 is 0 Å². The normalized spacial score (nSPS) is 12.2. The summed E-state index contributed by atoms with van der Waals surface area (Å²) in [6.45, 7) is 0.581. The van der Waals surface area contributed by atoms with E-state index in [4.69, 9.17) is 9.47 Å². The van der Waals surface area contributed by atoms with Gasteiger partial charge in [0.2, 0.25) is 0 Å². The number of hydrogen-bond donors (Lipinski definition) is 0. The summed E-state index contributed by atoms with van der Waals surface area (Å²) in [7, 11) is 5.77. The molecule has 0 saturated heterocycles. The summed E-state index contributed by atoms with van der Waals surface area (Å²) in [6.07, 6.45) is 0. The molecule has 0 bridgehead atoms. The van der Waals surface area contributed by atoms with Crippen molar-refractivity contribution < 1.29 is 9.47 Å². The molecule has 0 unspecified atom stereocenters. The third-order valence-corrected chi connectivity index (χ3v) is 3.27. The maximum Gasteiger partial charge on any atom is 0.161 e. The average Bonchev–Trinajstić information content (AvgIpc) is 2.48. The number of methoxy groups -OCH3 is 1. The summed E-state index contributed by atoms with van der Waals surface area (Å²) in [4.78, 5) is 2.16. The predicted octanol–water partition coefficient (Wildman–Crippen LogP) is 3.38. The summed E-state index contributed by atoms with van der Waals surface area (Å²) in [5, 5.41) is 0. The summed E-state index contributed by atoms with van der Waals surface area (Å²) in [5.41, 5.74) is 1.24. The van der Waals surface area contributed by atoms with Crippen LogP contribution in [0.5, 0.6) is 11.5 Å². The lowest BCUT2D eigenvalue weighted by Crippen LogP contribution is -2.25. The van der Waals surface area contributed by atoms with Gasteiger partial charge in [-0.05, 0) is 31.8 Å². The Labute approximate surface area is 120 Å². The Hall–Kier alpha value is -2.00. The van der Waals surface area contributed by atoms with Gasteiger partial charge in [0.05, 0.1) is 13.2 Å². The molecule has 3 nitrogen and oxygen atoms in total. The molecule has 2 rings (SSSR count). The van der Waals surface area contributed by atoms with E-state index in [-0.39, 0.29) is 6.04 Å². The van der Waals surface area contributed by atoms with Crippen LogP contribution in [-0.4, -0.2) is 32.7 Å². The molecule has 2 aromatic carbocycles. The first kappa shape index (κ1) is 14.4. The van der Waals surface area contributed by atoms with Crippen LogP contribution < -0.4 is 9.47 Å². The smallest absolute Gasteiger partial charge is 0.161 e. The zero-order chi connectivity index (χ0) is 14.4. The molecule has 0 fully saturated rings. The number of ether oxygens (including phenoxy) is 2. The van der Waals surface area contributed by atoms with Crippen LogP contribution in [0.4, 0.5) is 0 Å². The van der Waals surface area contributed by atoms with E-state index in [1.807, 2.05) is 30.3 Å². The number of benzene rings is 2. The van der Waals surface area contributed by atoms with Crippen LogP contribution in [0.25, 0.3) is 0 Å². The molecule has 0 spiro atoms. The first-order valence-corrected chi connectivity index (χ1v) is 6.69. The molecule has 0 radical (unpaired) electrons. The first-order valence-electron chi connectivity index (χ1n) is 6.69. The van der Waals surface area contributed by atoms with Crippen molar-refractivity contribution in [3.05, 3.63) is 60.2 Å². The Kier molecular flexibility index (Phi) is 5.02. The maximum absolute atomic E-state index is 5.94. The van der Waals surface area contributed by atoms with E-state index in [1.54, 1.807) is 7.11 Å². The van der Waals surface area contributed by atoms with Crippen molar-refractivity contribution in [1.29, 1.82) is 0 Å². The zero-order valence-electron chi connectivity index (χ0n) is 12.2. The van der Waals surface area contributed by atoms with E-state index in [0.29, 0.717) is 6.61 Å². The summed E-state index contributed by atoms with van der Waals surface area (Å²) >= 11 is 0. The molecule has 2 aromatic rings. The average molecular weight is 271 g/mol. The minimum absolute atomic E-state index is 0.209. The topological polar surface area (TPSA) is 21.7 Å². The lowest BCUT2D eigenvalue weighted by Gasteiger charge is -2.25. The third-order valence-electron chi connectivity index (χ3n) is 3.27. The van der Waals surface area contributed by atoms with Gasteiger partial charge in [0.15, 0.2) is 11.5 Å². The van der Waals surface area contributed by atoms with Crippen LogP contribution in [0.1, 0.15) is 11.6 Å². The molecule has 0 aliphatic rings. The van der Waals surface area contributed by atoms with Gasteiger partial charge >= 0.3 is 0 Å². The van der Waals surface area contributed by atoms with Gasteiger partial charge in [0, 0.05) is 0 Å². The zero-order valence-corrected chi connectivity index (χ0v) is 12.2. The van der Waals surface area contributed by atoms with Crippen LogP contribution in [0.3, 0.4) is 0 Å². The van der Waals surface area contributed by atoms with Crippen LogP contribution >= 0.6 is 0 Å². The first-order chi connectivity index (χ1) is 9.72. The van der Waals surface area contributed by atoms with Gasteiger partial charge in [-0.1, -0.05) is 42.5 Å². The second-order valence-corrected chi connectivity index (χ2v) is 4.85. The molecule has 1 atom stereocenters. The summed E-state index contributed by atoms with van der Waals surface area (Å²) < 4.78 is 11.2. The highest BCUT2D eigenvalue weighted by Crippen LogP contribution is 2.28. The molecule has 0 aliphatic carbocycles. The molecule has 0 aromatic heterocycles. The molecule has 0 aliphatic heterocycles. The molecule has 0 saturated carbocycles. The minimum atomic E-state index is 0.209.